The first kappa shape index (κ1) is 32.7. The summed E-state index contributed by atoms with van der Waals surface area (Å²) in [4.78, 5) is 12.3. The van der Waals surface area contributed by atoms with Crippen molar-refractivity contribution in [3.8, 4) is 34.1 Å². The summed E-state index contributed by atoms with van der Waals surface area (Å²) in [6, 6.07) is 8.98. The van der Waals surface area contributed by atoms with Gasteiger partial charge in [-0.1, -0.05) is 46.2 Å². The van der Waals surface area contributed by atoms with E-state index in [1.807, 2.05) is 32.2 Å². The number of nitrogens with two attached hydrogens (primary N) is 1. The molecule has 212 valence electrons. The first-order chi connectivity index (χ1) is 18.3. The molecular weight excluding hydrogens is 480 g/mol. The van der Waals surface area contributed by atoms with Gasteiger partial charge in [0.25, 0.3) is 0 Å². The molecule has 0 fully saturated rings. The van der Waals surface area contributed by atoms with Crippen molar-refractivity contribution in [2.24, 2.45) is 11.7 Å². The summed E-state index contributed by atoms with van der Waals surface area (Å²) in [5.41, 5.74) is 9.57. The van der Waals surface area contributed by atoms with E-state index in [4.69, 9.17) is 24.7 Å². The molecule has 7 heteroatoms. The molecule has 2 aromatic carbocycles. The van der Waals surface area contributed by atoms with Crippen molar-refractivity contribution in [1.82, 2.24) is 5.32 Å². The van der Waals surface area contributed by atoms with E-state index < -0.39 is 0 Å². The minimum Gasteiger partial charge on any atom is -0.493 e. The Labute approximate surface area is 229 Å². The van der Waals surface area contributed by atoms with Crippen LogP contribution in [0.15, 0.2) is 47.0 Å². The minimum atomic E-state index is -0.194. The second-order valence-electron chi connectivity index (χ2n) is 9.11. The lowest BCUT2D eigenvalue weighted by atomic mass is 9.94. The van der Waals surface area contributed by atoms with Gasteiger partial charge in [-0.2, -0.15) is 0 Å². The molecule has 0 heterocycles. The van der Waals surface area contributed by atoms with Crippen molar-refractivity contribution in [1.29, 1.82) is 0 Å². The molecule has 2 atom stereocenters. The van der Waals surface area contributed by atoms with Gasteiger partial charge >= 0.3 is 0 Å². The lowest BCUT2D eigenvalue weighted by Gasteiger charge is -2.21. The summed E-state index contributed by atoms with van der Waals surface area (Å²) in [7, 11) is 6.27. The quantitative estimate of drug-likeness (QED) is 0.297. The zero-order valence-electron chi connectivity index (χ0n) is 24.8. The molecule has 0 aliphatic heterocycles. The van der Waals surface area contributed by atoms with Gasteiger partial charge in [-0.05, 0) is 67.9 Å². The van der Waals surface area contributed by atoms with Crippen molar-refractivity contribution in [3.05, 3.63) is 58.0 Å². The van der Waals surface area contributed by atoms with Crippen LogP contribution in [-0.2, 0) is 6.42 Å². The Hall–Kier alpha value is -3.35. The van der Waals surface area contributed by atoms with E-state index in [1.54, 1.807) is 33.5 Å². The highest BCUT2D eigenvalue weighted by Crippen LogP contribution is 2.47. The summed E-state index contributed by atoms with van der Waals surface area (Å²) in [6.07, 6.45) is 6.66. The highest BCUT2D eigenvalue weighted by atomic mass is 16.5. The molecule has 0 aliphatic carbocycles. The average molecular weight is 529 g/mol. The van der Waals surface area contributed by atoms with Crippen LogP contribution in [0.2, 0.25) is 0 Å². The van der Waals surface area contributed by atoms with Crippen LogP contribution in [0.5, 0.6) is 23.0 Å². The molecule has 0 radical (unpaired) electrons. The molecule has 2 rings (SSSR count). The van der Waals surface area contributed by atoms with Crippen molar-refractivity contribution >= 4 is 0 Å². The molecule has 0 aromatic heterocycles. The van der Waals surface area contributed by atoms with Gasteiger partial charge in [0.15, 0.2) is 17.2 Å². The van der Waals surface area contributed by atoms with E-state index in [9.17, 15) is 4.79 Å². The van der Waals surface area contributed by atoms with Crippen LogP contribution >= 0.6 is 0 Å². The summed E-state index contributed by atoms with van der Waals surface area (Å²) in [5.74, 6) is 2.59. The Morgan fingerprint density at radius 1 is 0.921 bits per heavy atom. The minimum absolute atomic E-state index is 0.194. The predicted octanol–water partition coefficient (Wildman–Crippen LogP) is 6.31. The Bertz CT molecular complexity index is 1080. The maximum atomic E-state index is 12.3. The van der Waals surface area contributed by atoms with E-state index in [0.29, 0.717) is 23.2 Å². The Morgan fingerprint density at radius 3 is 2.13 bits per heavy atom. The van der Waals surface area contributed by atoms with E-state index in [2.05, 4.69) is 26.1 Å². The van der Waals surface area contributed by atoms with Crippen LogP contribution in [-0.4, -0.2) is 34.5 Å². The van der Waals surface area contributed by atoms with Crippen LogP contribution in [0.1, 0.15) is 65.9 Å². The zero-order valence-corrected chi connectivity index (χ0v) is 24.8. The number of aryl methyl sites for hydroxylation is 1. The molecule has 0 bridgehead atoms. The molecule has 1 unspecified atom stereocenters. The smallest absolute Gasteiger partial charge is 0.220 e. The summed E-state index contributed by atoms with van der Waals surface area (Å²) in [5, 5.41) is 3.43. The highest BCUT2D eigenvalue weighted by molar-refractivity contribution is 5.79. The van der Waals surface area contributed by atoms with Crippen LogP contribution in [0, 0.1) is 5.92 Å². The van der Waals surface area contributed by atoms with E-state index >= 15 is 0 Å². The third-order valence-electron chi connectivity index (χ3n) is 6.51. The van der Waals surface area contributed by atoms with Gasteiger partial charge in [0, 0.05) is 23.5 Å². The number of methoxy groups -OCH3 is 4. The van der Waals surface area contributed by atoms with E-state index in [1.165, 1.54) is 13.2 Å². The molecule has 2 aromatic rings. The van der Waals surface area contributed by atoms with Gasteiger partial charge < -0.3 is 30.0 Å². The topological polar surface area (TPSA) is 92.0 Å². The maximum Gasteiger partial charge on any atom is 0.220 e. The first-order valence-electron chi connectivity index (χ1n) is 13.5. The first-order valence-corrected chi connectivity index (χ1v) is 13.5. The summed E-state index contributed by atoms with van der Waals surface area (Å²) in [6.45, 7) is 10.6. The lowest BCUT2D eigenvalue weighted by molar-refractivity contribution is 0.324. The number of hydrogen-bond acceptors (Lipinski definition) is 7. The third kappa shape index (κ3) is 9.19. The van der Waals surface area contributed by atoms with Crippen LogP contribution in [0.3, 0.4) is 0 Å². The molecule has 7 nitrogen and oxygen atoms in total. The van der Waals surface area contributed by atoms with Gasteiger partial charge in [0.05, 0.1) is 28.4 Å². The molecular formula is C31H48N2O5. The van der Waals surface area contributed by atoms with Crippen molar-refractivity contribution < 1.29 is 18.9 Å². The number of hydrogen-bond donors (Lipinski definition) is 2. The van der Waals surface area contributed by atoms with Gasteiger partial charge in [-0.15, -0.1) is 0 Å². The highest BCUT2D eigenvalue weighted by Gasteiger charge is 2.22. The number of nitrogens with one attached hydrogen (secondary N) is 1. The average Bonchev–Trinajstić information content (AvgIpc) is 3.14. The molecule has 0 aliphatic rings. The fraction of sp³-hybridized carbons (Fsp3) is 0.516. The van der Waals surface area contributed by atoms with Crippen molar-refractivity contribution in [3.63, 3.8) is 0 Å². The second-order valence-corrected chi connectivity index (χ2v) is 9.11. The van der Waals surface area contributed by atoms with Gasteiger partial charge in [0.1, 0.15) is 0 Å². The Kier molecular flexibility index (Phi) is 14.8. The summed E-state index contributed by atoms with van der Waals surface area (Å²) >= 11 is 0. The third-order valence-corrected chi connectivity index (χ3v) is 6.51. The standard InChI is InChI=1S/C29H42N2O5.C2H6/c1-8-19(2)9-14-23(30)18-31-20(3)10-11-22-17-26(34-5)28(35-6)29(36-7)27(22)21-12-15-24(32)25(33-4)16-13-21;1-2/h12-13,15-20,31H,8-11,14,30H2,1-7H3;1-2H3/b23-18-;/t19?,20-;/m1./s1. The molecule has 3 N–H and O–H groups in total. The molecule has 0 spiro atoms. The van der Waals surface area contributed by atoms with Crippen LogP contribution in [0.4, 0.5) is 0 Å². The maximum absolute atomic E-state index is 12.3. The monoisotopic (exact) mass is 528 g/mol. The largest absolute Gasteiger partial charge is 0.493 e. The van der Waals surface area contributed by atoms with Gasteiger partial charge in [-0.25, -0.2) is 0 Å². The van der Waals surface area contributed by atoms with E-state index in [-0.39, 0.29) is 17.2 Å². The Morgan fingerprint density at radius 2 is 1.55 bits per heavy atom. The zero-order chi connectivity index (χ0) is 28.7. The number of rotatable bonds is 14. The molecule has 0 amide bonds. The molecule has 0 saturated heterocycles. The van der Waals surface area contributed by atoms with Crippen LogP contribution < -0.4 is 35.4 Å². The van der Waals surface area contributed by atoms with Gasteiger partial charge in [0.2, 0.25) is 11.2 Å². The predicted molar refractivity (Wildman–Crippen MR) is 158 cm³/mol. The number of benzene rings is 1. The van der Waals surface area contributed by atoms with E-state index in [0.717, 1.165) is 54.5 Å². The number of allylic oxidation sites excluding steroid dienone is 1. The van der Waals surface area contributed by atoms with Crippen LogP contribution in [0.25, 0.3) is 11.1 Å². The molecule has 0 saturated carbocycles. The Balaban J connectivity index is 0.00000352. The second kappa shape index (κ2) is 17.2. The number of ether oxygens (including phenoxy) is 4. The fourth-order valence-electron chi connectivity index (χ4n) is 4.00. The normalized spacial score (nSPS) is 12.5. The lowest BCUT2D eigenvalue weighted by Crippen LogP contribution is -2.23. The summed E-state index contributed by atoms with van der Waals surface area (Å²) < 4.78 is 22.3. The van der Waals surface area contributed by atoms with Crippen molar-refractivity contribution in [2.45, 2.75) is 72.8 Å². The SMILES string of the molecule is CC.CCC(C)CC/C(N)=C/N[C@H](C)CCc1cc(OC)c(OC)c(OC)c1-c1ccc(OC)c(=O)cc1. The van der Waals surface area contributed by atoms with Gasteiger partial charge in [-0.3, -0.25) is 4.79 Å². The van der Waals surface area contributed by atoms with Crippen molar-refractivity contribution in [2.75, 3.05) is 28.4 Å². The fourth-order valence-corrected chi connectivity index (χ4v) is 4.00. The molecule has 38 heavy (non-hydrogen) atoms.